The lowest BCUT2D eigenvalue weighted by molar-refractivity contribution is -0.137. The highest BCUT2D eigenvalue weighted by molar-refractivity contribution is 7.17. The van der Waals surface area contributed by atoms with Crippen LogP contribution in [0.2, 0.25) is 0 Å². The standard InChI is InChI=1S/C15H10F3NO2S.C2H6O/c1-2-14(21)19-11-7-12(22-13(11)8-20)9-4-3-5-10(6-9)15(16,17)18;1-3-2/h2-8H,1H2,(H,19,21);1-2H3. The van der Waals surface area contributed by atoms with Crippen LogP contribution in [0.1, 0.15) is 15.2 Å². The maximum absolute atomic E-state index is 12.7. The van der Waals surface area contributed by atoms with E-state index in [9.17, 15) is 22.8 Å². The van der Waals surface area contributed by atoms with Crippen molar-refractivity contribution in [2.45, 2.75) is 6.18 Å². The number of carbonyl (C=O) groups is 2. The van der Waals surface area contributed by atoms with Crippen molar-refractivity contribution in [3.63, 3.8) is 0 Å². The van der Waals surface area contributed by atoms with E-state index in [1.54, 1.807) is 14.2 Å². The summed E-state index contributed by atoms with van der Waals surface area (Å²) in [6, 6.07) is 6.23. The zero-order chi connectivity index (χ0) is 19.0. The number of alkyl halides is 3. The summed E-state index contributed by atoms with van der Waals surface area (Å²) in [6.07, 6.45) is -2.86. The van der Waals surface area contributed by atoms with Gasteiger partial charge in [-0.25, -0.2) is 0 Å². The van der Waals surface area contributed by atoms with E-state index in [4.69, 9.17) is 0 Å². The van der Waals surface area contributed by atoms with Crippen LogP contribution in [0.4, 0.5) is 18.9 Å². The van der Waals surface area contributed by atoms with E-state index in [1.807, 2.05) is 0 Å². The molecule has 1 aromatic carbocycles. The third-order valence-corrected chi connectivity index (χ3v) is 3.90. The molecule has 0 saturated carbocycles. The highest BCUT2D eigenvalue weighted by atomic mass is 32.1. The molecule has 0 radical (unpaired) electrons. The van der Waals surface area contributed by atoms with Gasteiger partial charge in [0.15, 0.2) is 6.29 Å². The predicted molar refractivity (Wildman–Crippen MR) is 91.9 cm³/mol. The first kappa shape index (κ1) is 20.6. The Balaban J connectivity index is 0.000000970. The third kappa shape index (κ3) is 5.84. The first-order valence-corrected chi connectivity index (χ1v) is 7.68. The lowest BCUT2D eigenvalue weighted by Crippen LogP contribution is -2.07. The predicted octanol–water partition coefficient (Wildman–Crippen LogP) is 4.63. The Kier molecular flexibility index (Phi) is 7.53. The van der Waals surface area contributed by atoms with E-state index in [0.717, 1.165) is 29.5 Å². The van der Waals surface area contributed by atoms with Crippen molar-refractivity contribution < 1.29 is 27.5 Å². The number of rotatable bonds is 4. The van der Waals surface area contributed by atoms with E-state index >= 15 is 0 Å². The second kappa shape index (κ2) is 9.14. The molecule has 0 aliphatic rings. The summed E-state index contributed by atoms with van der Waals surface area (Å²) in [6.45, 7) is 3.29. The molecular formula is C17H16F3NO3S. The Labute approximate surface area is 146 Å². The van der Waals surface area contributed by atoms with E-state index in [2.05, 4.69) is 16.6 Å². The summed E-state index contributed by atoms with van der Waals surface area (Å²) in [5.74, 6) is -0.503. The number of thiophene rings is 1. The van der Waals surface area contributed by atoms with Crippen molar-refractivity contribution in [3.05, 3.63) is 53.4 Å². The van der Waals surface area contributed by atoms with Gasteiger partial charge in [-0.05, 0) is 29.8 Å². The second-order valence-electron chi connectivity index (χ2n) is 4.69. The first-order chi connectivity index (χ1) is 11.8. The normalized spacial score (nSPS) is 10.4. The van der Waals surface area contributed by atoms with Crippen LogP contribution < -0.4 is 5.32 Å². The number of nitrogens with one attached hydrogen (secondary N) is 1. The number of anilines is 1. The summed E-state index contributed by atoms with van der Waals surface area (Å²) >= 11 is 1.000. The van der Waals surface area contributed by atoms with Gasteiger partial charge < -0.3 is 10.1 Å². The molecule has 0 unspecified atom stereocenters. The van der Waals surface area contributed by atoms with Gasteiger partial charge in [0.25, 0.3) is 0 Å². The molecule has 1 N–H and O–H groups in total. The van der Waals surface area contributed by atoms with Crippen molar-refractivity contribution in [2.75, 3.05) is 19.5 Å². The minimum Gasteiger partial charge on any atom is -0.388 e. The molecule has 1 amide bonds. The Morgan fingerprint density at radius 2 is 1.92 bits per heavy atom. The number of methoxy groups -OCH3 is 1. The fourth-order valence-electron chi connectivity index (χ4n) is 1.77. The number of ether oxygens (including phenoxy) is 1. The number of aldehydes is 1. The summed E-state index contributed by atoms with van der Waals surface area (Å²) in [5, 5.41) is 2.45. The SMILES string of the molecule is C=CC(=O)Nc1cc(-c2cccc(C(F)(F)F)c2)sc1C=O.COC. The van der Waals surface area contributed by atoms with Crippen LogP contribution in [0.5, 0.6) is 0 Å². The molecule has 0 spiro atoms. The van der Waals surface area contributed by atoms with Crippen LogP contribution in [-0.4, -0.2) is 26.4 Å². The minimum atomic E-state index is -4.44. The number of benzene rings is 1. The molecular weight excluding hydrogens is 355 g/mol. The minimum absolute atomic E-state index is 0.225. The molecule has 2 aromatic rings. The molecule has 0 fully saturated rings. The first-order valence-electron chi connectivity index (χ1n) is 6.87. The Bertz CT molecular complexity index is 754. The van der Waals surface area contributed by atoms with E-state index in [0.29, 0.717) is 16.7 Å². The average molecular weight is 371 g/mol. The molecule has 0 saturated heterocycles. The van der Waals surface area contributed by atoms with E-state index in [-0.39, 0.29) is 10.6 Å². The van der Waals surface area contributed by atoms with Crippen LogP contribution in [0.25, 0.3) is 10.4 Å². The number of amides is 1. The van der Waals surface area contributed by atoms with Gasteiger partial charge in [0.1, 0.15) is 0 Å². The van der Waals surface area contributed by atoms with Crippen LogP contribution in [0, 0.1) is 0 Å². The van der Waals surface area contributed by atoms with E-state index in [1.165, 1.54) is 18.2 Å². The summed E-state index contributed by atoms with van der Waals surface area (Å²) < 4.78 is 42.4. The molecule has 1 aromatic heterocycles. The molecule has 134 valence electrons. The van der Waals surface area contributed by atoms with Gasteiger partial charge in [-0.15, -0.1) is 11.3 Å². The van der Waals surface area contributed by atoms with Gasteiger partial charge in [-0.3, -0.25) is 9.59 Å². The molecule has 8 heteroatoms. The van der Waals surface area contributed by atoms with Crippen molar-refractivity contribution in [2.24, 2.45) is 0 Å². The smallest absolute Gasteiger partial charge is 0.388 e. The highest BCUT2D eigenvalue weighted by Gasteiger charge is 2.30. The van der Waals surface area contributed by atoms with Gasteiger partial charge in [0, 0.05) is 19.1 Å². The topological polar surface area (TPSA) is 55.4 Å². The van der Waals surface area contributed by atoms with Gasteiger partial charge in [0.05, 0.1) is 16.1 Å². The number of carbonyl (C=O) groups excluding carboxylic acids is 2. The maximum Gasteiger partial charge on any atom is 0.416 e. The van der Waals surface area contributed by atoms with Crippen LogP contribution in [0.15, 0.2) is 43.0 Å². The van der Waals surface area contributed by atoms with Gasteiger partial charge >= 0.3 is 6.18 Å². The Morgan fingerprint density at radius 3 is 2.44 bits per heavy atom. The Morgan fingerprint density at radius 1 is 1.28 bits per heavy atom. The van der Waals surface area contributed by atoms with Crippen LogP contribution in [-0.2, 0) is 15.7 Å². The quantitative estimate of drug-likeness (QED) is 0.630. The molecule has 0 aliphatic carbocycles. The van der Waals surface area contributed by atoms with Crippen molar-refractivity contribution >= 4 is 29.2 Å². The fraction of sp³-hybridized carbons (Fsp3) is 0.176. The molecule has 0 atom stereocenters. The third-order valence-electron chi connectivity index (χ3n) is 2.79. The second-order valence-corrected chi connectivity index (χ2v) is 5.77. The summed E-state index contributed by atoms with van der Waals surface area (Å²) in [5.41, 5.74) is -0.206. The van der Waals surface area contributed by atoms with E-state index < -0.39 is 17.6 Å². The fourth-order valence-corrected chi connectivity index (χ4v) is 2.69. The summed E-state index contributed by atoms with van der Waals surface area (Å²) in [7, 11) is 3.25. The lowest BCUT2D eigenvalue weighted by atomic mass is 10.1. The van der Waals surface area contributed by atoms with Crippen molar-refractivity contribution in [1.82, 2.24) is 0 Å². The number of hydrogen-bond donors (Lipinski definition) is 1. The maximum atomic E-state index is 12.7. The summed E-state index contributed by atoms with van der Waals surface area (Å²) in [4.78, 5) is 23.0. The lowest BCUT2D eigenvalue weighted by Gasteiger charge is -2.07. The van der Waals surface area contributed by atoms with Crippen LogP contribution in [0.3, 0.4) is 0 Å². The number of halogens is 3. The van der Waals surface area contributed by atoms with Gasteiger partial charge in [0.2, 0.25) is 5.91 Å². The zero-order valence-corrected chi connectivity index (χ0v) is 14.3. The number of hydrogen-bond acceptors (Lipinski definition) is 4. The van der Waals surface area contributed by atoms with Gasteiger partial charge in [-0.1, -0.05) is 18.7 Å². The van der Waals surface area contributed by atoms with Crippen molar-refractivity contribution in [1.29, 1.82) is 0 Å². The Hall–Kier alpha value is -2.45. The molecule has 0 bridgehead atoms. The molecule has 2 rings (SSSR count). The molecule has 1 heterocycles. The van der Waals surface area contributed by atoms with Crippen molar-refractivity contribution in [3.8, 4) is 10.4 Å². The van der Waals surface area contributed by atoms with Crippen LogP contribution >= 0.6 is 11.3 Å². The monoisotopic (exact) mass is 371 g/mol. The molecule has 0 aliphatic heterocycles. The zero-order valence-electron chi connectivity index (χ0n) is 13.5. The van der Waals surface area contributed by atoms with Gasteiger partial charge in [-0.2, -0.15) is 13.2 Å². The highest BCUT2D eigenvalue weighted by Crippen LogP contribution is 2.37. The largest absolute Gasteiger partial charge is 0.416 e. The average Bonchev–Trinajstić information content (AvgIpc) is 2.97. The molecule has 25 heavy (non-hydrogen) atoms. The molecule has 4 nitrogen and oxygen atoms in total.